The molecule has 3 fully saturated rings. The molecule has 122 valence electrons. The largest absolute Gasteiger partial charge is 0.465 e. The summed E-state index contributed by atoms with van der Waals surface area (Å²) < 4.78 is 0. The van der Waals surface area contributed by atoms with Crippen molar-refractivity contribution >= 4 is 35.1 Å². The van der Waals surface area contributed by atoms with Gasteiger partial charge in [-0.2, -0.15) is 0 Å². The van der Waals surface area contributed by atoms with E-state index < -0.39 is 11.5 Å². The van der Waals surface area contributed by atoms with Crippen LogP contribution in [0.4, 0.5) is 4.79 Å². The van der Waals surface area contributed by atoms with Gasteiger partial charge in [0.1, 0.15) is 5.78 Å². The van der Waals surface area contributed by atoms with Crippen LogP contribution >= 0.6 is 23.2 Å². The van der Waals surface area contributed by atoms with Gasteiger partial charge in [0.25, 0.3) is 0 Å². The average molecular weight is 354 g/mol. The molecular weight excluding hydrogens is 337 g/mol. The smallest absolute Gasteiger partial charge is 0.407 e. The highest BCUT2D eigenvalue weighted by molar-refractivity contribution is 6.42. The Morgan fingerprint density at radius 1 is 1.22 bits per heavy atom. The highest BCUT2D eigenvalue weighted by Gasteiger charge is 2.75. The van der Waals surface area contributed by atoms with Crippen molar-refractivity contribution in [1.82, 2.24) is 4.90 Å². The molecular formula is C17H17Cl2NO3. The van der Waals surface area contributed by atoms with Gasteiger partial charge in [0.2, 0.25) is 0 Å². The molecule has 1 aromatic carbocycles. The Kier molecular flexibility index (Phi) is 3.23. The van der Waals surface area contributed by atoms with Gasteiger partial charge in [0.15, 0.2) is 0 Å². The highest BCUT2D eigenvalue weighted by atomic mass is 35.5. The number of carbonyl (C=O) groups is 2. The SMILES string of the molecule is O=C(O)N1CCC2(c3ccc(Cl)c(Cl)c3)CC2(C(=O)C2CC2)C1. The second-order valence-corrected chi connectivity index (χ2v) is 7.88. The van der Waals surface area contributed by atoms with Gasteiger partial charge >= 0.3 is 6.09 Å². The van der Waals surface area contributed by atoms with Crippen molar-refractivity contribution in [2.75, 3.05) is 13.1 Å². The Hall–Kier alpha value is -1.26. The van der Waals surface area contributed by atoms with E-state index in [0.29, 0.717) is 29.6 Å². The molecule has 2 saturated carbocycles. The predicted molar refractivity (Wildman–Crippen MR) is 87.1 cm³/mol. The maximum absolute atomic E-state index is 12.9. The number of likely N-dealkylation sites (tertiary alicyclic amines) is 1. The Balaban J connectivity index is 1.74. The van der Waals surface area contributed by atoms with Crippen LogP contribution in [0.2, 0.25) is 10.0 Å². The molecule has 0 spiro atoms. The summed E-state index contributed by atoms with van der Waals surface area (Å²) in [4.78, 5) is 25.7. The molecule has 1 saturated heterocycles. The molecule has 2 atom stereocenters. The molecule has 2 unspecified atom stereocenters. The first-order valence-corrected chi connectivity index (χ1v) is 8.63. The van der Waals surface area contributed by atoms with E-state index in [4.69, 9.17) is 23.2 Å². The maximum Gasteiger partial charge on any atom is 0.407 e. The van der Waals surface area contributed by atoms with Crippen molar-refractivity contribution in [3.8, 4) is 0 Å². The summed E-state index contributed by atoms with van der Waals surface area (Å²) in [6.07, 6.45) is 2.31. The molecule has 4 nitrogen and oxygen atoms in total. The monoisotopic (exact) mass is 353 g/mol. The zero-order valence-electron chi connectivity index (χ0n) is 12.5. The number of ketones is 1. The number of carboxylic acid groups (broad SMARTS) is 1. The molecule has 1 amide bonds. The minimum Gasteiger partial charge on any atom is -0.465 e. The fourth-order valence-electron chi connectivity index (χ4n) is 4.35. The third-order valence-corrected chi connectivity index (χ3v) is 6.57. The van der Waals surface area contributed by atoms with Crippen molar-refractivity contribution in [2.45, 2.75) is 31.1 Å². The van der Waals surface area contributed by atoms with Gasteiger partial charge < -0.3 is 10.0 Å². The number of fused-ring (bicyclic) bond motifs is 1. The summed E-state index contributed by atoms with van der Waals surface area (Å²) in [6.45, 7) is 0.757. The second-order valence-electron chi connectivity index (χ2n) is 7.06. The van der Waals surface area contributed by atoms with E-state index in [1.54, 1.807) is 6.07 Å². The highest BCUT2D eigenvalue weighted by Crippen LogP contribution is 2.71. The van der Waals surface area contributed by atoms with Crippen LogP contribution in [0.1, 0.15) is 31.2 Å². The Labute approximate surface area is 144 Å². The van der Waals surface area contributed by atoms with Crippen LogP contribution < -0.4 is 0 Å². The molecule has 6 heteroatoms. The van der Waals surface area contributed by atoms with Crippen LogP contribution in [0.5, 0.6) is 0 Å². The predicted octanol–water partition coefficient (Wildman–Crippen LogP) is 3.98. The summed E-state index contributed by atoms with van der Waals surface area (Å²) in [5, 5.41) is 10.3. The van der Waals surface area contributed by atoms with E-state index in [-0.39, 0.29) is 17.1 Å². The number of benzene rings is 1. The number of amides is 1. The van der Waals surface area contributed by atoms with Crippen LogP contribution in [-0.4, -0.2) is 35.0 Å². The molecule has 4 rings (SSSR count). The van der Waals surface area contributed by atoms with Gasteiger partial charge in [-0.3, -0.25) is 4.79 Å². The first-order valence-electron chi connectivity index (χ1n) is 7.87. The van der Waals surface area contributed by atoms with Crippen molar-refractivity contribution in [3.63, 3.8) is 0 Å². The van der Waals surface area contributed by atoms with Crippen LogP contribution in [0, 0.1) is 11.3 Å². The number of carbonyl (C=O) groups excluding carboxylic acids is 1. The lowest BCUT2D eigenvalue weighted by atomic mass is 9.77. The second kappa shape index (κ2) is 4.87. The molecule has 1 N–H and O–H groups in total. The first kappa shape index (κ1) is 15.3. The van der Waals surface area contributed by atoms with E-state index in [1.165, 1.54) is 4.90 Å². The summed E-state index contributed by atoms with van der Waals surface area (Å²) >= 11 is 12.2. The molecule has 1 aliphatic heterocycles. The minimum atomic E-state index is -0.942. The third kappa shape index (κ3) is 2.11. The number of piperidine rings is 1. The number of nitrogens with zero attached hydrogens (tertiary/aromatic N) is 1. The fourth-order valence-corrected chi connectivity index (χ4v) is 4.65. The lowest BCUT2D eigenvalue weighted by Crippen LogP contribution is -2.48. The zero-order valence-corrected chi connectivity index (χ0v) is 14.0. The van der Waals surface area contributed by atoms with Crippen molar-refractivity contribution in [3.05, 3.63) is 33.8 Å². The van der Waals surface area contributed by atoms with Crippen molar-refractivity contribution in [1.29, 1.82) is 0 Å². The lowest BCUT2D eigenvalue weighted by Gasteiger charge is -2.36. The van der Waals surface area contributed by atoms with Crippen LogP contribution in [0.15, 0.2) is 18.2 Å². The Morgan fingerprint density at radius 3 is 2.57 bits per heavy atom. The van der Waals surface area contributed by atoms with Gasteiger partial charge in [0, 0.05) is 24.4 Å². The molecule has 0 aromatic heterocycles. The molecule has 2 aliphatic carbocycles. The number of Topliss-reactive ketones (excluding diaryl/α,β-unsaturated/α-hetero) is 1. The van der Waals surface area contributed by atoms with Crippen molar-refractivity contribution < 1.29 is 14.7 Å². The summed E-state index contributed by atoms with van der Waals surface area (Å²) in [7, 11) is 0. The number of halogens is 2. The lowest BCUT2D eigenvalue weighted by molar-refractivity contribution is -0.127. The average Bonchev–Trinajstić information content (AvgIpc) is 3.42. The summed E-state index contributed by atoms with van der Waals surface area (Å²) in [6, 6.07) is 5.55. The Bertz CT molecular complexity index is 718. The molecule has 3 aliphatic rings. The Morgan fingerprint density at radius 2 is 1.96 bits per heavy atom. The van der Waals surface area contributed by atoms with E-state index in [2.05, 4.69) is 0 Å². The number of hydrogen-bond acceptors (Lipinski definition) is 2. The summed E-state index contributed by atoms with van der Waals surface area (Å²) in [5.74, 6) is 0.364. The van der Waals surface area contributed by atoms with Gasteiger partial charge in [-0.25, -0.2) is 4.79 Å². The quantitative estimate of drug-likeness (QED) is 0.893. The molecule has 1 heterocycles. The van der Waals surface area contributed by atoms with Gasteiger partial charge in [-0.05, 0) is 43.4 Å². The van der Waals surface area contributed by atoms with Crippen LogP contribution in [0.25, 0.3) is 0 Å². The number of hydrogen-bond donors (Lipinski definition) is 1. The normalized spacial score (nSPS) is 32.3. The maximum atomic E-state index is 12.9. The first-order chi connectivity index (χ1) is 10.9. The molecule has 23 heavy (non-hydrogen) atoms. The molecule has 0 radical (unpaired) electrons. The third-order valence-electron chi connectivity index (χ3n) is 5.83. The van der Waals surface area contributed by atoms with Crippen LogP contribution in [-0.2, 0) is 10.2 Å². The van der Waals surface area contributed by atoms with Crippen LogP contribution in [0.3, 0.4) is 0 Å². The number of rotatable bonds is 3. The fraction of sp³-hybridized carbons (Fsp3) is 0.529. The standard InChI is InChI=1S/C17H17Cl2NO3/c18-12-4-3-11(7-13(12)19)16-5-6-20(15(22)23)9-17(16,8-16)14(21)10-1-2-10/h3-4,7,10H,1-2,5-6,8-9H2,(H,22,23). The van der Waals surface area contributed by atoms with E-state index in [0.717, 1.165) is 24.8 Å². The van der Waals surface area contributed by atoms with E-state index in [1.807, 2.05) is 12.1 Å². The van der Waals surface area contributed by atoms with Gasteiger partial charge in [-0.15, -0.1) is 0 Å². The van der Waals surface area contributed by atoms with Gasteiger partial charge in [-0.1, -0.05) is 29.3 Å². The van der Waals surface area contributed by atoms with E-state index >= 15 is 0 Å². The van der Waals surface area contributed by atoms with Gasteiger partial charge in [0.05, 0.1) is 15.5 Å². The minimum absolute atomic E-state index is 0.119. The molecule has 1 aromatic rings. The van der Waals surface area contributed by atoms with E-state index in [9.17, 15) is 14.7 Å². The zero-order chi connectivity index (χ0) is 16.4. The topological polar surface area (TPSA) is 57.6 Å². The molecule has 0 bridgehead atoms. The summed E-state index contributed by atoms with van der Waals surface area (Å²) in [5.41, 5.74) is 0.181. The van der Waals surface area contributed by atoms with Crippen molar-refractivity contribution in [2.24, 2.45) is 11.3 Å².